The molecule has 0 bridgehead atoms. The molecule has 0 aromatic heterocycles. The average molecular weight is 433 g/mol. The third-order valence-electron chi connectivity index (χ3n) is 9.99. The molecule has 9 unspecified atom stereocenters. The van der Waals surface area contributed by atoms with Gasteiger partial charge in [-0.15, -0.1) is 0 Å². The maximum Gasteiger partial charge on any atom is 0.0624 e. The third kappa shape index (κ3) is 4.70. The summed E-state index contributed by atoms with van der Waals surface area (Å²) in [5.41, 5.74) is 1.47. The third-order valence-corrected chi connectivity index (χ3v) is 9.99. The molecule has 0 radical (unpaired) electrons. The number of aliphatic hydroxyl groups is 3. The molecular weight excluding hydrogens is 384 g/mol. The summed E-state index contributed by atoms with van der Waals surface area (Å²) in [6.07, 6.45) is 13.0. The van der Waals surface area contributed by atoms with E-state index in [1.54, 1.807) is 0 Å². The van der Waals surface area contributed by atoms with Crippen molar-refractivity contribution < 1.29 is 15.3 Å². The van der Waals surface area contributed by atoms with Gasteiger partial charge >= 0.3 is 0 Å². The fourth-order valence-corrected chi connectivity index (χ4v) is 7.40. The molecule has 0 heterocycles. The maximum absolute atomic E-state index is 11.0. The van der Waals surface area contributed by atoms with Gasteiger partial charge in [0.15, 0.2) is 0 Å². The van der Waals surface area contributed by atoms with Gasteiger partial charge in [0.25, 0.3) is 0 Å². The van der Waals surface area contributed by atoms with Crippen LogP contribution in [0.5, 0.6) is 0 Å². The zero-order valence-electron chi connectivity index (χ0n) is 20.8. The van der Waals surface area contributed by atoms with Gasteiger partial charge in [-0.2, -0.15) is 0 Å². The highest BCUT2D eigenvalue weighted by molar-refractivity contribution is 5.25. The predicted molar refractivity (Wildman–Crippen MR) is 128 cm³/mol. The van der Waals surface area contributed by atoms with Crippen molar-refractivity contribution in [2.45, 2.75) is 98.7 Å². The minimum Gasteiger partial charge on any atom is -0.393 e. The minimum absolute atomic E-state index is 0.0826. The van der Waals surface area contributed by atoms with Gasteiger partial charge in [-0.25, -0.2) is 0 Å². The maximum atomic E-state index is 11.0. The number of fused-ring (bicyclic) bond motifs is 1. The van der Waals surface area contributed by atoms with Gasteiger partial charge < -0.3 is 15.3 Å². The van der Waals surface area contributed by atoms with Crippen LogP contribution in [-0.4, -0.2) is 34.1 Å². The zero-order valence-corrected chi connectivity index (χ0v) is 20.8. The summed E-state index contributed by atoms with van der Waals surface area (Å²) in [5.74, 6) is 3.32. The van der Waals surface area contributed by atoms with E-state index in [0.29, 0.717) is 41.9 Å². The van der Waals surface area contributed by atoms with Gasteiger partial charge in [0.05, 0.1) is 18.8 Å². The first-order chi connectivity index (χ1) is 14.5. The van der Waals surface area contributed by atoms with Crippen LogP contribution in [0.1, 0.15) is 86.5 Å². The summed E-state index contributed by atoms with van der Waals surface area (Å²) >= 11 is 0. The van der Waals surface area contributed by atoms with E-state index in [9.17, 15) is 15.3 Å². The first-order valence-electron chi connectivity index (χ1n) is 12.9. The fraction of sp³-hybridized carbons (Fsp3) is 0.857. The quantitative estimate of drug-likeness (QED) is 0.469. The summed E-state index contributed by atoms with van der Waals surface area (Å²) < 4.78 is 0. The Kier molecular flexibility index (Phi) is 7.81. The first kappa shape index (κ1) is 25.0. The zero-order chi connectivity index (χ0) is 23.0. The van der Waals surface area contributed by atoms with E-state index in [0.717, 1.165) is 19.3 Å². The van der Waals surface area contributed by atoms with Crippen LogP contribution in [0.15, 0.2) is 23.8 Å². The SMILES string of the molecule is CC(C)C(C)C=CC(C)C1CCC2C(=CCO)C(C3(C)CCC(O)CC3O)CCC21C. The van der Waals surface area contributed by atoms with Crippen LogP contribution in [0.2, 0.25) is 0 Å². The second-order valence-corrected chi connectivity index (χ2v) is 12.0. The molecule has 178 valence electrons. The second-order valence-electron chi connectivity index (χ2n) is 12.0. The van der Waals surface area contributed by atoms with E-state index in [1.807, 2.05) is 0 Å². The lowest BCUT2D eigenvalue weighted by atomic mass is 9.51. The van der Waals surface area contributed by atoms with E-state index in [4.69, 9.17) is 0 Å². The monoisotopic (exact) mass is 432 g/mol. The van der Waals surface area contributed by atoms with Crippen LogP contribution < -0.4 is 0 Å². The van der Waals surface area contributed by atoms with Crippen molar-refractivity contribution >= 4 is 0 Å². The summed E-state index contributed by atoms with van der Waals surface area (Å²) in [4.78, 5) is 0. The second kappa shape index (κ2) is 9.69. The molecule has 3 aliphatic rings. The molecule has 3 heteroatoms. The molecule has 3 rings (SSSR count). The van der Waals surface area contributed by atoms with Gasteiger partial charge in [-0.3, -0.25) is 0 Å². The Bertz CT molecular complexity index is 667. The van der Waals surface area contributed by atoms with Crippen molar-refractivity contribution in [3.05, 3.63) is 23.8 Å². The lowest BCUT2D eigenvalue weighted by molar-refractivity contribution is -0.0851. The lowest BCUT2D eigenvalue weighted by Gasteiger charge is -2.54. The number of hydrogen-bond donors (Lipinski definition) is 3. The Morgan fingerprint density at radius 1 is 0.903 bits per heavy atom. The van der Waals surface area contributed by atoms with Gasteiger partial charge in [0.1, 0.15) is 0 Å². The van der Waals surface area contributed by atoms with Crippen LogP contribution in [0.25, 0.3) is 0 Å². The molecule has 0 spiro atoms. The molecule has 3 nitrogen and oxygen atoms in total. The summed E-state index contributed by atoms with van der Waals surface area (Å²) in [5, 5.41) is 31.0. The standard InChI is InChI=1S/C28H48O3/c1-18(2)19(3)7-8-20(4)23-9-10-24-22(13-16-29)25(12-15-27(23,24)5)28(6)14-11-21(30)17-26(28)31/h7-8,13,18-21,23-26,29-31H,9-12,14-17H2,1-6H3. The van der Waals surface area contributed by atoms with Crippen LogP contribution in [-0.2, 0) is 0 Å². The Balaban J connectivity index is 1.83. The van der Waals surface area contributed by atoms with Gasteiger partial charge in [0.2, 0.25) is 0 Å². The molecule has 0 saturated heterocycles. The van der Waals surface area contributed by atoms with E-state index in [-0.39, 0.29) is 23.5 Å². The van der Waals surface area contributed by atoms with Crippen LogP contribution in [0.4, 0.5) is 0 Å². The van der Waals surface area contributed by atoms with Crippen molar-refractivity contribution in [1.29, 1.82) is 0 Å². The molecule has 3 aliphatic carbocycles. The Hall–Kier alpha value is -0.640. The minimum atomic E-state index is -0.468. The number of aliphatic hydroxyl groups excluding tert-OH is 3. The Morgan fingerprint density at radius 2 is 1.55 bits per heavy atom. The Labute approximate surface area is 191 Å². The smallest absolute Gasteiger partial charge is 0.0624 e. The molecule has 3 saturated carbocycles. The lowest BCUT2D eigenvalue weighted by Crippen LogP contribution is -2.50. The predicted octanol–water partition coefficient (Wildman–Crippen LogP) is 5.74. The summed E-state index contributed by atoms with van der Waals surface area (Å²) in [7, 11) is 0. The largest absolute Gasteiger partial charge is 0.393 e. The fourth-order valence-electron chi connectivity index (χ4n) is 7.40. The van der Waals surface area contributed by atoms with Crippen molar-refractivity contribution in [3.8, 4) is 0 Å². The van der Waals surface area contributed by atoms with Crippen molar-refractivity contribution in [2.24, 2.45) is 46.3 Å². The van der Waals surface area contributed by atoms with Crippen molar-refractivity contribution in [1.82, 2.24) is 0 Å². The van der Waals surface area contributed by atoms with Crippen molar-refractivity contribution in [3.63, 3.8) is 0 Å². The van der Waals surface area contributed by atoms with Crippen LogP contribution >= 0.6 is 0 Å². The van der Waals surface area contributed by atoms with Gasteiger partial charge in [-0.1, -0.05) is 65.3 Å². The average Bonchev–Trinajstić information content (AvgIpc) is 3.07. The van der Waals surface area contributed by atoms with E-state index >= 15 is 0 Å². The molecule has 9 atom stereocenters. The first-order valence-corrected chi connectivity index (χ1v) is 12.9. The summed E-state index contributed by atoms with van der Waals surface area (Å²) in [6.45, 7) is 14.1. The van der Waals surface area contributed by atoms with Gasteiger partial charge in [-0.05, 0) is 85.9 Å². The number of hydrogen-bond acceptors (Lipinski definition) is 3. The van der Waals surface area contributed by atoms with Crippen molar-refractivity contribution in [2.75, 3.05) is 6.61 Å². The van der Waals surface area contributed by atoms with E-state index in [1.165, 1.54) is 24.8 Å². The molecule has 0 aromatic carbocycles. The summed E-state index contributed by atoms with van der Waals surface area (Å²) in [6, 6.07) is 0. The normalized spacial score (nSPS) is 44.7. The highest BCUT2D eigenvalue weighted by Crippen LogP contribution is 2.64. The number of allylic oxidation sites excluding steroid dienone is 3. The molecular formula is C28H48O3. The van der Waals surface area contributed by atoms with E-state index < -0.39 is 6.10 Å². The molecule has 0 aromatic rings. The molecule has 3 fully saturated rings. The van der Waals surface area contributed by atoms with Crippen LogP contribution in [0.3, 0.4) is 0 Å². The highest BCUT2D eigenvalue weighted by Gasteiger charge is 2.56. The number of rotatable bonds is 6. The van der Waals surface area contributed by atoms with Crippen LogP contribution in [0, 0.1) is 46.3 Å². The Morgan fingerprint density at radius 3 is 2.16 bits per heavy atom. The highest BCUT2D eigenvalue weighted by atomic mass is 16.3. The van der Waals surface area contributed by atoms with Gasteiger partial charge in [0, 0.05) is 5.41 Å². The topological polar surface area (TPSA) is 60.7 Å². The molecule has 0 amide bonds. The molecule has 3 N–H and O–H groups in total. The molecule has 31 heavy (non-hydrogen) atoms. The van der Waals surface area contributed by atoms with E-state index in [2.05, 4.69) is 59.8 Å². The molecule has 0 aliphatic heterocycles.